The van der Waals surface area contributed by atoms with Crippen molar-refractivity contribution in [3.63, 3.8) is 0 Å². The highest BCUT2D eigenvalue weighted by atomic mass is 32.2. The zero-order chi connectivity index (χ0) is 8.91. The Kier molecular flexibility index (Phi) is 4.06. The molecule has 0 aromatic heterocycles. The average Bonchev–Trinajstić information content (AvgIpc) is 1.84. The van der Waals surface area contributed by atoms with E-state index in [4.69, 9.17) is 0 Å². The lowest BCUT2D eigenvalue weighted by molar-refractivity contribution is -0.208. The van der Waals surface area contributed by atoms with E-state index < -0.39 is 16.1 Å². The summed E-state index contributed by atoms with van der Waals surface area (Å²) in [7, 11) is -3.67. The van der Waals surface area contributed by atoms with Gasteiger partial charge in [-0.15, -0.1) is 0 Å². The van der Waals surface area contributed by atoms with Gasteiger partial charge in [0.15, 0.2) is 0 Å². The Labute approximate surface area is 65.4 Å². The molecular weight excluding hydrogens is 172 g/mol. The fraction of sp³-hybridized carbons (Fsp3) is 0.800. The molecule has 0 heterocycles. The van der Waals surface area contributed by atoms with E-state index in [1.54, 1.807) is 6.92 Å². The molecule has 0 rings (SSSR count). The van der Waals surface area contributed by atoms with Gasteiger partial charge in [0.05, 0.1) is 5.75 Å². The van der Waals surface area contributed by atoms with Crippen LogP contribution in [0.5, 0.6) is 0 Å². The minimum absolute atomic E-state index is 0.153. The lowest BCUT2D eigenvalue weighted by Crippen LogP contribution is -2.12. The van der Waals surface area contributed by atoms with Gasteiger partial charge in [-0.25, -0.2) is 4.79 Å². The van der Waals surface area contributed by atoms with E-state index in [-0.39, 0.29) is 5.75 Å². The van der Waals surface area contributed by atoms with E-state index in [9.17, 15) is 13.2 Å². The average molecular weight is 182 g/mol. The van der Waals surface area contributed by atoms with Crippen LogP contribution in [0.25, 0.3) is 0 Å². The predicted octanol–water partition coefficient (Wildman–Crippen LogP) is 0.221. The molecule has 0 saturated heterocycles. The van der Waals surface area contributed by atoms with Gasteiger partial charge in [-0.3, -0.25) is 4.89 Å². The number of carbonyl (C=O) groups excluding carboxylic acids is 1. The largest absolute Gasteiger partial charge is 0.340 e. The zero-order valence-electron chi connectivity index (χ0n) is 6.36. The molecule has 0 radical (unpaired) electrons. The monoisotopic (exact) mass is 182 g/mol. The fourth-order valence-electron chi connectivity index (χ4n) is 0.384. The van der Waals surface area contributed by atoms with Gasteiger partial charge in [0.2, 0.25) is 0 Å². The molecule has 0 fully saturated rings. The van der Waals surface area contributed by atoms with Crippen molar-refractivity contribution in [3.05, 3.63) is 0 Å². The molecule has 0 aliphatic heterocycles. The summed E-state index contributed by atoms with van der Waals surface area (Å²) in [4.78, 5) is 13.9. The highest BCUT2D eigenvalue weighted by Crippen LogP contribution is 1.96. The van der Waals surface area contributed by atoms with Crippen LogP contribution < -0.4 is 0 Å². The van der Waals surface area contributed by atoms with Gasteiger partial charge in [0.25, 0.3) is 0 Å². The number of carbonyl (C=O) groups is 1. The summed E-state index contributed by atoms with van der Waals surface area (Å²) >= 11 is 0. The molecule has 11 heavy (non-hydrogen) atoms. The molecule has 66 valence electrons. The van der Waals surface area contributed by atoms with Crippen LogP contribution in [0.4, 0.5) is 0 Å². The molecule has 0 aromatic carbocycles. The first-order valence-electron chi connectivity index (χ1n) is 3.07. The van der Waals surface area contributed by atoms with Crippen molar-refractivity contribution < 1.29 is 22.4 Å². The second-order valence-corrected chi connectivity index (χ2v) is 3.56. The van der Waals surface area contributed by atoms with E-state index in [0.717, 1.165) is 6.92 Å². The summed E-state index contributed by atoms with van der Waals surface area (Å²) in [5.74, 6) is -0.940. The lowest BCUT2D eigenvalue weighted by atomic mass is 10.6. The minimum Gasteiger partial charge on any atom is -0.282 e. The summed E-state index contributed by atoms with van der Waals surface area (Å²) < 4.78 is 25.1. The van der Waals surface area contributed by atoms with Crippen molar-refractivity contribution in [1.82, 2.24) is 0 Å². The molecule has 0 aliphatic carbocycles. The third-order valence-corrected chi connectivity index (χ3v) is 1.89. The molecular formula is C5H10O5S. The molecule has 0 N–H and O–H groups in total. The molecule has 6 heteroatoms. The van der Waals surface area contributed by atoms with E-state index in [0.29, 0.717) is 6.42 Å². The third kappa shape index (κ3) is 5.81. The van der Waals surface area contributed by atoms with Crippen molar-refractivity contribution in [2.45, 2.75) is 20.3 Å². The molecule has 0 atom stereocenters. The van der Waals surface area contributed by atoms with Gasteiger partial charge in [-0.2, -0.15) is 8.42 Å². The van der Waals surface area contributed by atoms with Crippen molar-refractivity contribution in [2.75, 3.05) is 5.75 Å². The maximum Gasteiger partial charge on any atom is 0.340 e. The number of hydrogen-bond acceptors (Lipinski definition) is 5. The van der Waals surface area contributed by atoms with Crippen LogP contribution in [0.15, 0.2) is 0 Å². The van der Waals surface area contributed by atoms with Crippen molar-refractivity contribution in [1.29, 1.82) is 0 Å². The van der Waals surface area contributed by atoms with E-state index in [2.05, 4.69) is 9.22 Å². The lowest BCUT2D eigenvalue weighted by Gasteiger charge is -1.99. The fourth-order valence-corrected chi connectivity index (χ4v) is 1.15. The summed E-state index contributed by atoms with van der Waals surface area (Å²) in [6.45, 7) is 2.73. The van der Waals surface area contributed by atoms with Crippen LogP contribution in [-0.4, -0.2) is 20.1 Å². The Balaban J connectivity index is 3.84. The molecule has 0 unspecified atom stereocenters. The standard InChI is InChI=1S/C5H10O5S/c1-3-4-11(7,8)10-9-5(2)6/h3-4H2,1-2H3. The minimum atomic E-state index is -3.67. The predicted molar refractivity (Wildman–Crippen MR) is 36.9 cm³/mol. The van der Waals surface area contributed by atoms with Crippen molar-refractivity contribution >= 4 is 16.1 Å². The first-order chi connectivity index (χ1) is 4.98. The summed E-state index contributed by atoms with van der Waals surface area (Å²) in [5, 5.41) is 0. The van der Waals surface area contributed by atoms with Gasteiger partial charge in [-0.05, 0) is 6.42 Å². The van der Waals surface area contributed by atoms with Crippen LogP contribution in [0.1, 0.15) is 20.3 Å². The van der Waals surface area contributed by atoms with Gasteiger partial charge in [0, 0.05) is 6.92 Å². The highest BCUT2D eigenvalue weighted by Gasteiger charge is 2.11. The summed E-state index contributed by atoms with van der Waals surface area (Å²) in [5.41, 5.74) is 0. The summed E-state index contributed by atoms with van der Waals surface area (Å²) in [6.07, 6.45) is 0.420. The highest BCUT2D eigenvalue weighted by molar-refractivity contribution is 7.86. The van der Waals surface area contributed by atoms with Crippen LogP contribution in [0.3, 0.4) is 0 Å². The zero-order valence-corrected chi connectivity index (χ0v) is 7.18. The Morgan fingerprint density at radius 1 is 1.45 bits per heavy atom. The third-order valence-electron chi connectivity index (χ3n) is 0.709. The maximum atomic E-state index is 10.6. The second kappa shape index (κ2) is 4.30. The second-order valence-electron chi connectivity index (χ2n) is 1.90. The van der Waals surface area contributed by atoms with Gasteiger partial charge < -0.3 is 0 Å². The Morgan fingerprint density at radius 2 is 2.00 bits per heavy atom. The van der Waals surface area contributed by atoms with Gasteiger partial charge >= 0.3 is 16.1 Å². The van der Waals surface area contributed by atoms with E-state index >= 15 is 0 Å². The molecule has 0 aliphatic rings. The van der Waals surface area contributed by atoms with Gasteiger partial charge in [0.1, 0.15) is 0 Å². The quantitative estimate of drug-likeness (QED) is 0.459. The van der Waals surface area contributed by atoms with E-state index in [1.165, 1.54) is 0 Å². The first kappa shape index (κ1) is 10.4. The molecule has 0 aromatic rings. The first-order valence-corrected chi connectivity index (χ1v) is 4.65. The van der Waals surface area contributed by atoms with Gasteiger partial charge in [-0.1, -0.05) is 11.3 Å². The van der Waals surface area contributed by atoms with Crippen LogP contribution in [0.2, 0.25) is 0 Å². The molecule has 0 amide bonds. The van der Waals surface area contributed by atoms with Crippen LogP contribution in [0, 0.1) is 0 Å². The molecule has 0 saturated carbocycles. The maximum absolute atomic E-state index is 10.6. The van der Waals surface area contributed by atoms with Crippen molar-refractivity contribution in [2.24, 2.45) is 0 Å². The molecule has 5 nitrogen and oxygen atoms in total. The smallest absolute Gasteiger partial charge is 0.282 e. The Bertz CT molecular complexity index is 217. The Hall–Kier alpha value is -0.620. The SMILES string of the molecule is CCCS(=O)(=O)OOC(C)=O. The van der Waals surface area contributed by atoms with Crippen LogP contribution >= 0.6 is 0 Å². The van der Waals surface area contributed by atoms with Crippen molar-refractivity contribution in [3.8, 4) is 0 Å². The number of rotatable bonds is 4. The Morgan fingerprint density at radius 3 is 2.36 bits per heavy atom. The summed E-state index contributed by atoms with van der Waals surface area (Å²) in [6, 6.07) is 0. The molecule has 0 spiro atoms. The van der Waals surface area contributed by atoms with E-state index in [1.807, 2.05) is 0 Å². The van der Waals surface area contributed by atoms with Crippen LogP contribution in [-0.2, 0) is 24.1 Å². The normalized spacial score (nSPS) is 11.1. The molecule has 0 bridgehead atoms. The topological polar surface area (TPSA) is 69.7 Å². The number of hydrogen-bond donors (Lipinski definition) is 0.